The van der Waals surface area contributed by atoms with Gasteiger partial charge in [-0.1, -0.05) is 5.16 Å². The summed E-state index contributed by atoms with van der Waals surface area (Å²) in [6, 6.07) is -2.74. The number of urea groups is 1. The fraction of sp³-hybridized carbons (Fsp3) is 0.500. The summed E-state index contributed by atoms with van der Waals surface area (Å²) in [6.07, 6.45) is -0.706. The van der Waals surface area contributed by atoms with Crippen molar-refractivity contribution in [1.82, 2.24) is 15.8 Å². The molecule has 0 spiro atoms. The van der Waals surface area contributed by atoms with Crippen molar-refractivity contribution < 1.29 is 29.1 Å². The van der Waals surface area contributed by atoms with Crippen molar-refractivity contribution in [3.05, 3.63) is 17.0 Å². The molecule has 4 N–H and O–H groups in total. The SMILES string of the molecule is Cc1noc(C)c1C(C)NC(=O)N[C@@H](CC(=O)O)C(=O)O. The molecule has 0 aliphatic heterocycles. The Morgan fingerprint density at radius 2 is 1.86 bits per heavy atom. The minimum atomic E-state index is -1.50. The van der Waals surface area contributed by atoms with Crippen LogP contribution in [0, 0.1) is 13.8 Å². The van der Waals surface area contributed by atoms with E-state index in [4.69, 9.17) is 14.7 Å². The normalized spacial score (nSPS) is 13.3. The van der Waals surface area contributed by atoms with Gasteiger partial charge >= 0.3 is 18.0 Å². The number of hydrogen-bond donors (Lipinski definition) is 4. The monoisotopic (exact) mass is 299 g/mol. The Hall–Kier alpha value is -2.58. The highest BCUT2D eigenvalue weighted by Gasteiger charge is 2.24. The molecule has 0 fully saturated rings. The average molecular weight is 299 g/mol. The highest BCUT2D eigenvalue weighted by Crippen LogP contribution is 2.20. The van der Waals surface area contributed by atoms with E-state index in [9.17, 15) is 14.4 Å². The number of carboxylic acid groups (broad SMARTS) is 2. The van der Waals surface area contributed by atoms with E-state index in [1.54, 1.807) is 20.8 Å². The molecule has 1 aromatic rings. The highest BCUT2D eigenvalue weighted by molar-refractivity contribution is 5.86. The second-order valence-electron chi connectivity index (χ2n) is 4.57. The Labute approximate surface area is 120 Å². The molecule has 1 heterocycles. The third-order valence-electron chi connectivity index (χ3n) is 2.85. The fourth-order valence-electron chi connectivity index (χ4n) is 1.95. The Kier molecular flexibility index (Phi) is 5.28. The Morgan fingerprint density at radius 1 is 1.24 bits per heavy atom. The number of carbonyl (C=O) groups is 3. The number of hydrogen-bond acceptors (Lipinski definition) is 5. The van der Waals surface area contributed by atoms with Gasteiger partial charge in [0.15, 0.2) is 0 Å². The van der Waals surface area contributed by atoms with Crippen LogP contribution in [0.1, 0.15) is 36.4 Å². The summed E-state index contributed by atoms with van der Waals surface area (Å²) in [5.74, 6) is -2.19. The maximum Gasteiger partial charge on any atom is 0.326 e. The number of aromatic nitrogens is 1. The van der Waals surface area contributed by atoms with Gasteiger partial charge in [0, 0.05) is 5.56 Å². The molecule has 1 rings (SSSR count). The van der Waals surface area contributed by atoms with Crippen molar-refractivity contribution in [1.29, 1.82) is 0 Å². The summed E-state index contributed by atoms with van der Waals surface area (Å²) >= 11 is 0. The number of nitrogens with one attached hydrogen (secondary N) is 2. The van der Waals surface area contributed by atoms with E-state index >= 15 is 0 Å². The summed E-state index contributed by atoms with van der Waals surface area (Å²) in [4.78, 5) is 33.1. The van der Waals surface area contributed by atoms with Gasteiger partial charge in [0.25, 0.3) is 0 Å². The highest BCUT2D eigenvalue weighted by atomic mass is 16.5. The molecule has 9 nitrogen and oxygen atoms in total. The smallest absolute Gasteiger partial charge is 0.326 e. The van der Waals surface area contributed by atoms with Gasteiger partial charge in [-0.2, -0.15) is 0 Å². The quantitative estimate of drug-likeness (QED) is 0.601. The second kappa shape index (κ2) is 6.73. The van der Waals surface area contributed by atoms with Gasteiger partial charge in [0.2, 0.25) is 0 Å². The Morgan fingerprint density at radius 3 is 2.29 bits per heavy atom. The maximum atomic E-state index is 11.7. The first kappa shape index (κ1) is 16.5. The minimum Gasteiger partial charge on any atom is -0.481 e. The lowest BCUT2D eigenvalue weighted by Crippen LogP contribution is -2.47. The van der Waals surface area contributed by atoms with Gasteiger partial charge in [-0.25, -0.2) is 9.59 Å². The fourth-order valence-corrected chi connectivity index (χ4v) is 1.95. The van der Waals surface area contributed by atoms with E-state index in [1.165, 1.54) is 0 Å². The zero-order valence-corrected chi connectivity index (χ0v) is 11.8. The van der Waals surface area contributed by atoms with E-state index in [0.717, 1.165) is 0 Å². The average Bonchev–Trinajstić information content (AvgIpc) is 2.67. The molecular formula is C12H17N3O6. The van der Waals surface area contributed by atoms with Crippen LogP contribution in [0.4, 0.5) is 4.79 Å². The van der Waals surface area contributed by atoms with E-state index in [2.05, 4.69) is 15.8 Å². The molecule has 2 amide bonds. The van der Waals surface area contributed by atoms with Crippen molar-refractivity contribution in [2.24, 2.45) is 0 Å². The summed E-state index contributed by atoms with van der Waals surface area (Å²) in [7, 11) is 0. The number of nitrogens with zero attached hydrogens (tertiary/aromatic N) is 1. The van der Waals surface area contributed by atoms with E-state index in [0.29, 0.717) is 17.0 Å². The molecule has 9 heteroatoms. The largest absolute Gasteiger partial charge is 0.481 e. The molecule has 0 bridgehead atoms. The van der Waals surface area contributed by atoms with Crippen molar-refractivity contribution in [3.63, 3.8) is 0 Å². The number of carboxylic acids is 2. The molecular weight excluding hydrogens is 282 g/mol. The van der Waals surface area contributed by atoms with Crippen LogP contribution in [0.5, 0.6) is 0 Å². The van der Waals surface area contributed by atoms with Crippen LogP contribution in [0.15, 0.2) is 4.52 Å². The summed E-state index contributed by atoms with van der Waals surface area (Å²) in [5, 5.41) is 25.8. The summed E-state index contributed by atoms with van der Waals surface area (Å²) in [6.45, 7) is 5.08. The number of aliphatic carboxylic acids is 2. The van der Waals surface area contributed by atoms with Crippen LogP contribution < -0.4 is 10.6 Å². The molecule has 1 unspecified atom stereocenters. The van der Waals surface area contributed by atoms with Crippen LogP contribution in [-0.4, -0.2) is 39.4 Å². The lowest BCUT2D eigenvalue weighted by atomic mass is 10.1. The molecule has 1 aromatic heterocycles. The standard InChI is InChI=1S/C12H17N3O6/c1-5(10-6(2)15-21-7(10)3)13-12(20)14-8(11(18)19)4-9(16)17/h5,8H,4H2,1-3H3,(H,16,17)(H,18,19)(H2,13,14,20)/t5?,8-/m0/s1. The van der Waals surface area contributed by atoms with Gasteiger partial charge in [-0.05, 0) is 20.8 Å². The van der Waals surface area contributed by atoms with E-state index in [-0.39, 0.29) is 0 Å². The lowest BCUT2D eigenvalue weighted by molar-refractivity contribution is -0.145. The van der Waals surface area contributed by atoms with Gasteiger partial charge in [0.05, 0.1) is 18.2 Å². The molecule has 0 aromatic carbocycles. The van der Waals surface area contributed by atoms with Crippen LogP contribution in [0.3, 0.4) is 0 Å². The molecule has 116 valence electrons. The minimum absolute atomic E-state index is 0.462. The molecule has 0 radical (unpaired) electrons. The van der Waals surface area contributed by atoms with Gasteiger partial charge in [0.1, 0.15) is 11.8 Å². The Bertz CT molecular complexity index is 534. The van der Waals surface area contributed by atoms with Crippen LogP contribution in [0.25, 0.3) is 0 Å². The zero-order chi connectivity index (χ0) is 16.2. The van der Waals surface area contributed by atoms with Gasteiger partial charge in [-0.3, -0.25) is 4.79 Å². The van der Waals surface area contributed by atoms with Crippen LogP contribution in [0.2, 0.25) is 0 Å². The molecule has 0 saturated heterocycles. The predicted molar refractivity (Wildman–Crippen MR) is 69.7 cm³/mol. The van der Waals surface area contributed by atoms with Crippen molar-refractivity contribution >= 4 is 18.0 Å². The summed E-state index contributed by atoms with van der Waals surface area (Å²) < 4.78 is 4.98. The number of rotatable bonds is 6. The van der Waals surface area contributed by atoms with Gasteiger partial charge in [-0.15, -0.1) is 0 Å². The van der Waals surface area contributed by atoms with Crippen LogP contribution in [-0.2, 0) is 9.59 Å². The van der Waals surface area contributed by atoms with E-state index in [1.807, 2.05) is 0 Å². The van der Waals surface area contributed by atoms with E-state index < -0.39 is 36.5 Å². The molecule has 0 aliphatic rings. The molecule has 0 saturated carbocycles. The first-order valence-corrected chi connectivity index (χ1v) is 6.16. The number of amides is 2. The second-order valence-corrected chi connectivity index (χ2v) is 4.57. The van der Waals surface area contributed by atoms with Crippen molar-refractivity contribution in [2.45, 2.75) is 39.3 Å². The van der Waals surface area contributed by atoms with Gasteiger partial charge < -0.3 is 25.4 Å². The first-order valence-electron chi connectivity index (χ1n) is 6.16. The van der Waals surface area contributed by atoms with Crippen molar-refractivity contribution in [2.75, 3.05) is 0 Å². The molecule has 21 heavy (non-hydrogen) atoms. The Balaban J connectivity index is 2.68. The topological polar surface area (TPSA) is 142 Å². The summed E-state index contributed by atoms with van der Waals surface area (Å²) in [5.41, 5.74) is 1.30. The first-order chi connectivity index (χ1) is 9.72. The molecule has 2 atom stereocenters. The number of aryl methyl sites for hydroxylation is 2. The van der Waals surface area contributed by atoms with Crippen molar-refractivity contribution in [3.8, 4) is 0 Å². The van der Waals surface area contributed by atoms with Crippen LogP contribution >= 0.6 is 0 Å². The number of carbonyl (C=O) groups excluding carboxylic acids is 1. The molecule has 0 aliphatic carbocycles. The predicted octanol–water partition coefficient (Wildman–Crippen LogP) is 0.580. The third-order valence-corrected chi connectivity index (χ3v) is 2.85. The zero-order valence-electron chi connectivity index (χ0n) is 11.8. The maximum absolute atomic E-state index is 11.7. The lowest BCUT2D eigenvalue weighted by Gasteiger charge is -2.17. The third kappa shape index (κ3) is 4.48.